The van der Waals surface area contributed by atoms with E-state index >= 15 is 0 Å². The molecule has 0 aliphatic carbocycles. The number of hydrogen-bond acceptors (Lipinski definition) is 10. The number of benzene rings is 3. The number of carbonyl (C=O) groups is 3. The minimum Gasteiger partial charge on any atom is -0.493 e. The van der Waals surface area contributed by atoms with Gasteiger partial charge >= 0.3 is 11.9 Å². The first-order chi connectivity index (χ1) is 19.6. The van der Waals surface area contributed by atoms with E-state index in [1.807, 2.05) is 6.07 Å². The second kappa shape index (κ2) is 14.1. The van der Waals surface area contributed by atoms with Crippen LogP contribution in [-0.4, -0.2) is 67.9 Å². The molecule has 41 heavy (non-hydrogen) atoms. The fraction of sp³-hybridized carbons (Fsp3) is 0.250. The number of sulfonamides is 1. The molecule has 0 saturated heterocycles. The van der Waals surface area contributed by atoms with E-state index < -0.39 is 34.5 Å². The van der Waals surface area contributed by atoms with Gasteiger partial charge in [0.1, 0.15) is 5.75 Å². The summed E-state index contributed by atoms with van der Waals surface area (Å²) in [6.07, 6.45) is 0.430. The Kier molecular flexibility index (Phi) is 10.7. The molecule has 0 aliphatic rings. The van der Waals surface area contributed by atoms with Crippen LogP contribution in [-0.2, 0) is 30.7 Å². The molecule has 2 N–H and O–H groups in total. The van der Waals surface area contributed by atoms with Crippen LogP contribution in [0.15, 0.2) is 65.6 Å². The smallest absolute Gasteiger partial charge is 0.337 e. The topological polar surface area (TPSA) is 156 Å². The summed E-state index contributed by atoms with van der Waals surface area (Å²) in [5, 5.41) is 2.54. The van der Waals surface area contributed by atoms with Crippen LogP contribution in [0.2, 0.25) is 0 Å². The normalized spacial score (nSPS) is 10.8. The van der Waals surface area contributed by atoms with Gasteiger partial charge in [-0.15, -0.1) is 0 Å². The fourth-order valence-electron chi connectivity index (χ4n) is 3.68. The highest BCUT2D eigenvalue weighted by Crippen LogP contribution is 2.27. The molecule has 0 bridgehead atoms. The summed E-state index contributed by atoms with van der Waals surface area (Å²) in [6, 6.07) is 14.9. The number of methoxy groups -OCH3 is 4. The van der Waals surface area contributed by atoms with Crippen molar-refractivity contribution in [2.45, 2.75) is 11.3 Å². The van der Waals surface area contributed by atoms with Crippen molar-refractivity contribution in [3.63, 3.8) is 0 Å². The molecular weight excluding hydrogens is 556 g/mol. The Labute approximate surface area is 237 Å². The van der Waals surface area contributed by atoms with E-state index in [1.54, 1.807) is 12.1 Å². The summed E-state index contributed by atoms with van der Waals surface area (Å²) in [5.41, 5.74) is 1.11. The highest BCUT2D eigenvalue weighted by molar-refractivity contribution is 7.89. The zero-order chi connectivity index (χ0) is 30.0. The molecule has 0 atom stereocenters. The standard InChI is InChI=1S/C28H30N2O10S/c1-36-24-10-5-18(13-25(24)37-2)11-12-29-41(34,35)23-8-6-22(7-9-23)40-17-26(31)30-21-15-19(27(32)38-3)14-20(16-21)28(33)39-4/h5-10,13-16,29H,11-12,17H2,1-4H3,(H,30,31). The van der Waals surface area contributed by atoms with Crippen molar-refractivity contribution in [1.82, 2.24) is 4.72 Å². The molecule has 0 heterocycles. The number of hydrogen-bond donors (Lipinski definition) is 2. The maximum Gasteiger partial charge on any atom is 0.337 e. The zero-order valence-corrected chi connectivity index (χ0v) is 23.7. The molecule has 218 valence electrons. The molecule has 0 fully saturated rings. The third-order valence-electron chi connectivity index (χ3n) is 5.72. The van der Waals surface area contributed by atoms with Crippen molar-refractivity contribution < 1.29 is 46.5 Å². The SMILES string of the molecule is COC(=O)c1cc(NC(=O)COc2ccc(S(=O)(=O)NCCc3ccc(OC)c(OC)c3)cc2)cc(C(=O)OC)c1. The van der Waals surface area contributed by atoms with Gasteiger partial charge in [-0.3, -0.25) is 4.79 Å². The lowest BCUT2D eigenvalue weighted by Crippen LogP contribution is -2.26. The monoisotopic (exact) mass is 586 g/mol. The first kappa shape index (κ1) is 30.9. The van der Waals surface area contributed by atoms with Gasteiger partial charge in [0.25, 0.3) is 5.91 Å². The first-order valence-corrected chi connectivity index (χ1v) is 13.6. The Morgan fingerprint density at radius 2 is 1.37 bits per heavy atom. The van der Waals surface area contributed by atoms with Crippen molar-refractivity contribution in [2.75, 3.05) is 46.9 Å². The van der Waals surface area contributed by atoms with Gasteiger partial charge in [0, 0.05) is 12.2 Å². The van der Waals surface area contributed by atoms with Crippen LogP contribution in [0.25, 0.3) is 0 Å². The van der Waals surface area contributed by atoms with Crippen LogP contribution < -0.4 is 24.2 Å². The molecule has 12 nitrogen and oxygen atoms in total. The number of ether oxygens (including phenoxy) is 5. The Morgan fingerprint density at radius 1 is 0.756 bits per heavy atom. The van der Waals surface area contributed by atoms with Crippen molar-refractivity contribution in [3.05, 3.63) is 77.4 Å². The summed E-state index contributed by atoms with van der Waals surface area (Å²) in [5.74, 6) is -0.602. The van der Waals surface area contributed by atoms with Crippen molar-refractivity contribution in [3.8, 4) is 17.2 Å². The van der Waals surface area contributed by atoms with E-state index in [9.17, 15) is 22.8 Å². The number of rotatable bonds is 13. The second-order valence-electron chi connectivity index (χ2n) is 8.43. The first-order valence-electron chi connectivity index (χ1n) is 12.1. The maximum absolute atomic E-state index is 12.7. The van der Waals surface area contributed by atoms with Crippen molar-refractivity contribution >= 4 is 33.6 Å². The predicted molar refractivity (Wildman–Crippen MR) is 148 cm³/mol. The van der Waals surface area contributed by atoms with Gasteiger partial charge in [-0.2, -0.15) is 0 Å². The van der Waals surface area contributed by atoms with Gasteiger partial charge < -0.3 is 29.0 Å². The van der Waals surface area contributed by atoms with Gasteiger partial charge in [0.15, 0.2) is 18.1 Å². The lowest BCUT2D eigenvalue weighted by molar-refractivity contribution is -0.118. The van der Waals surface area contributed by atoms with E-state index in [0.717, 1.165) is 5.56 Å². The molecule has 13 heteroatoms. The van der Waals surface area contributed by atoms with Crippen molar-refractivity contribution in [1.29, 1.82) is 0 Å². The molecule has 0 aromatic heterocycles. The molecule has 3 aromatic carbocycles. The van der Waals surface area contributed by atoms with Crippen LogP contribution in [0.5, 0.6) is 17.2 Å². The molecule has 0 aliphatic heterocycles. The quantitative estimate of drug-likeness (QED) is 0.286. The van der Waals surface area contributed by atoms with E-state index in [1.165, 1.54) is 70.9 Å². The lowest BCUT2D eigenvalue weighted by atomic mass is 10.1. The Hall–Kier alpha value is -4.62. The van der Waals surface area contributed by atoms with Gasteiger partial charge in [0.05, 0.1) is 44.5 Å². The van der Waals surface area contributed by atoms with Crippen LogP contribution >= 0.6 is 0 Å². The molecule has 1 amide bonds. The average Bonchev–Trinajstić information content (AvgIpc) is 2.98. The highest BCUT2D eigenvalue weighted by atomic mass is 32.2. The summed E-state index contributed by atoms with van der Waals surface area (Å²) >= 11 is 0. The number of esters is 2. The van der Waals surface area contributed by atoms with Gasteiger partial charge in [-0.25, -0.2) is 22.7 Å². The van der Waals surface area contributed by atoms with Crippen LogP contribution in [0.4, 0.5) is 5.69 Å². The number of anilines is 1. The minimum absolute atomic E-state index is 0.0246. The lowest BCUT2D eigenvalue weighted by Gasteiger charge is -2.11. The number of amides is 1. The summed E-state index contributed by atoms with van der Waals surface area (Å²) in [6.45, 7) is -0.267. The second-order valence-corrected chi connectivity index (χ2v) is 10.2. The van der Waals surface area contributed by atoms with Crippen LogP contribution in [0, 0.1) is 0 Å². The third-order valence-corrected chi connectivity index (χ3v) is 7.19. The largest absolute Gasteiger partial charge is 0.493 e. The van der Waals surface area contributed by atoms with Gasteiger partial charge in [-0.1, -0.05) is 6.07 Å². The summed E-state index contributed by atoms with van der Waals surface area (Å²) < 4.78 is 53.2. The molecule has 3 aromatic rings. The van der Waals surface area contributed by atoms with E-state index in [4.69, 9.17) is 14.2 Å². The van der Waals surface area contributed by atoms with Gasteiger partial charge in [0.2, 0.25) is 10.0 Å². The van der Waals surface area contributed by atoms with E-state index in [0.29, 0.717) is 17.9 Å². The summed E-state index contributed by atoms with van der Waals surface area (Å²) in [7, 11) is 1.64. The number of nitrogens with one attached hydrogen (secondary N) is 2. The molecule has 0 radical (unpaired) electrons. The maximum atomic E-state index is 12.7. The van der Waals surface area contributed by atoms with Gasteiger partial charge in [-0.05, 0) is 66.6 Å². The Bertz CT molecular complexity index is 1470. The predicted octanol–water partition coefficient (Wildman–Crippen LogP) is 2.82. The summed E-state index contributed by atoms with van der Waals surface area (Å²) in [4.78, 5) is 36.3. The van der Waals surface area contributed by atoms with Crippen molar-refractivity contribution in [2.24, 2.45) is 0 Å². The Balaban J connectivity index is 1.56. The fourth-order valence-corrected chi connectivity index (χ4v) is 4.71. The third kappa shape index (κ3) is 8.43. The van der Waals surface area contributed by atoms with Crippen LogP contribution in [0.1, 0.15) is 26.3 Å². The average molecular weight is 587 g/mol. The Morgan fingerprint density at radius 3 is 1.93 bits per heavy atom. The molecule has 0 saturated carbocycles. The molecular formula is C28H30N2O10S. The van der Waals surface area contributed by atoms with E-state index in [2.05, 4.69) is 19.5 Å². The molecule has 3 rings (SSSR count). The van der Waals surface area contributed by atoms with E-state index in [-0.39, 0.29) is 34.0 Å². The minimum atomic E-state index is -3.79. The van der Waals surface area contributed by atoms with Crippen LogP contribution in [0.3, 0.4) is 0 Å². The highest BCUT2D eigenvalue weighted by Gasteiger charge is 2.16. The zero-order valence-electron chi connectivity index (χ0n) is 22.9. The molecule has 0 unspecified atom stereocenters. The molecule has 0 spiro atoms. The number of carbonyl (C=O) groups excluding carboxylic acids is 3.